The van der Waals surface area contributed by atoms with Gasteiger partial charge >= 0.3 is 0 Å². The predicted octanol–water partition coefficient (Wildman–Crippen LogP) is 4.22. The van der Waals surface area contributed by atoms with Crippen molar-refractivity contribution in [3.05, 3.63) is 28.8 Å². The van der Waals surface area contributed by atoms with E-state index in [1.54, 1.807) is 0 Å². The molecule has 2 rings (SSSR count). The second-order valence-corrected chi connectivity index (χ2v) is 5.91. The second kappa shape index (κ2) is 6.27. The van der Waals surface area contributed by atoms with Crippen molar-refractivity contribution in [1.29, 1.82) is 0 Å². The molecule has 0 amide bonds. The molecular weight excluding hydrogens is 316 g/mol. The van der Waals surface area contributed by atoms with Gasteiger partial charge in [0.1, 0.15) is 5.75 Å². The largest absolute Gasteiger partial charge is 0.493 e. The van der Waals surface area contributed by atoms with Crippen molar-refractivity contribution in [3.8, 4) is 5.75 Å². The highest BCUT2D eigenvalue weighted by Gasteiger charge is 2.32. The molecule has 100 valence electrons. The zero-order chi connectivity index (χ0) is 13.0. The normalized spacial score (nSPS) is 18.6. The van der Waals surface area contributed by atoms with Gasteiger partial charge in [0.2, 0.25) is 0 Å². The Kier molecular flexibility index (Phi) is 4.93. The van der Waals surface area contributed by atoms with Crippen molar-refractivity contribution in [2.45, 2.75) is 19.8 Å². The van der Waals surface area contributed by atoms with E-state index in [4.69, 9.17) is 21.1 Å². The number of ether oxygens (including phenoxy) is 2. The van der Waals surface area contributed by atoms with Gasteiger partial charge in [0, 0.05) is 29.0 Å². The van der Waals surface area contributed by atoms with Crippen molar-refractivity contribution < 1.29 is 9.47 Å². The molecule has 1 fully saturated rings. The SMILES string of the molecule is Cc1cc(OCC2(CBr)CCOCC2)ccc1Cl. The van der Waals surface area contributed by atoms with E-state index in [0.717, 1.165) is 54.3 Å². The third kappa shape index (κ3) is 3.40. The first-order valence-electron chi connectivity index (χ1n) is 6.18. The minimum absolute atomic E-state index is 0.200. The summed E-state index contributed by atoms with van der Waals surface area (Å²) in [7, 11) is 0. The fourth-order valence-electron chi connectivity index (χ4n) is 2.06. The van der Waals surface area contributed by atoms with Crippen LogP contribution in [0.4, 0.5) is 0 Å². The average Bonchev–Trinajstić information content (AvgIpc) is 2.41. The topological polar surface area (TPSA) is 18.5 Å². The summed E-state index contributed by atoms with van der Waals surface area (Å²) in [5, 5.41) is 1.74. The first-order chi connectivity index (χ1) is 8.65. The van der Waals surface area contributed by atoms with E-state index < -0.39 is 0 Å². The van der Waals surface area contributed by atoms with Gasteiger partial charge in [-0.05, 0) is 43.5 Å². The van der Waals surface area contributed by atoms with Crippen molar-refractivity contribution in [2.75, 3.05) is 25.2 Å². The van der Waals surface area contributed by atoms with E-state index >= 15 is 0 Å². The molecule has 0 unspecified atom stereocenters. The number of rotatable bonds is 4. The molecule has 18 heavy (non-hydrogen) atoms. The molecule has 0 saturated carbocycles. The van der Waals surface area contributed by atoms with E-state index in [-0.39, 0.29) is 5.41 Å². The molecule has 0 aliphatic carbocycles. The first-order valence-corrected chi connectivity index (χ1v) is 7.68. The Labute approximate surface area is 122 Å². The number of benzene rings is 1. The van der Waals surface area contributed by atoms with Crippen LogP contribution in [0.25, 0.3) is 0 Å². The molecule has 0 bridgehead atoms. The van der Waals surface area contributed by atoms with Crippen LogP contribution in [0.3, 0.4) is 0 Å². The summed E-state index contributed by atoms with van der Waals surface area (Å²) in [5.74, 6) is 0.892. The van der Waals surface area contributed by atoms with Crippen LogP contribution in [-0.2, 0) is 4.74 Å². The van der Waals surface area contributed by atoms with Gasteiger partial charge in [-0.1, -0.05) is 27.5 Å². The molecule has 1 aromatic rings. The molecule has 1 aromatic carbocycles. The van der Waals surface area contributed by atoms with Gasteiger partial charge in [-0.2, -0.15) is 0 Å². The zero-order valence-electron chi connectivity index (χ0n) is 10.5. The Balaban J connectivity index is 1.98. The average molecular weight is 334 g/mol. The van der Waals surface area contributed by atoms with Crippen LogP contribution in [0, 0.1) is 12.3 Å². The fourth-order valence-corrected chi connectivity index (χ4v) is 2.90. The summed E-state index contributed by atoms with van der Waals surface area (Å²) in [5.41, 5.74) is 1.25. The molecule has 4 heteroatoms. The lowest BCUT2D eigenvalue weighted by molar-refractivity contribution is 0.00354. The van der Waals surface area contributed by atoms with E-state index in [0.29, 0.717) is 0 Å². The number of hydrogen-bond donors (Lipinski definition) is 0. The monoisotopic (exact) mass is 332 g/mol. The number of halogens is 2. The molecule has 1 saturated heterocycles. The lowest BCUT2D eigenvalue weighted by Gasteiger charge is -2.35. The molecule has 0 aromatic heterocycles. The van der Waals surface area contributed by atoms with Crippen molar-refractivity contribution in [1.82, 2.24) is 0 Å². The molecular formula is C14H18BrClO2. The summed E-state index contributed by atoms with van der Waals surface area (Å²) in [6.45, 7) is 4.37. The molecule has 0 atom stereocenters. The van der Waals surface area contributed by atoms with E-state index in [1.165, 1.54) is 0 Å². The van der Waals surface area contributed by atoms with Crippen molar-refractivity contribution in [3.63, 3.8) is 0 Å². The van der Waals surface area contributed by atoms with E-state index in [1.807, 2.05) is 25.1 Å². The molecule has 0 N–H and O–H groups in total. The summed E-state index contributed by atoms with van der Waals surface area (Å²) >= 11 is 9.62. The molecule has 0 radical (unpaired) electrons. The predicted molar refractivity (Wildman–Crippen MR) is 78.0 cm³/mol. The third-order valence-corrected chi connectivity index (χ3v) is 5.12. The summed E-state index contributed by atoms with van der Waals surface area (Å²) in [6, 6.07) is 5.80. The molecule has 1 aliphatic heterocycles. The zero-order valence-corrected chi connectivity index (χ0v) is 12.9. The maximum atomic E-state index is 6.00. The fraction of sp³-hybridized carbons (Fsp3) is 0.571. The van der Waals surface area contributed by atoms with Gasteiger partial charge in [0.25, 0.3) is 0 Å². The molecule has 1 aliphatic rings. The van der Waals surface area contributed by atoms with Crippen LogP contribution in [0.2, 0.25) is 5.02 Å². The molecule has 2 nitrogen and oxygen atoms in total. The first kappa shape index (κ1) is 14.2. The molecule has 1 heterocycles. The Morgan fingerprint density at radius 1 is 1.39 bits per heavy atom. The number of hydrogen-bond acceptors (Lipinski definition) is 2. The van der Waals surface area contributed by atoms with Crippen molar-refractivity contribution >= 4 is 27.5 Å². The highest BCUT2D eigenvalue weighted by molar-refractivity contribution is 9.09. The Morgan fingerprint density at radius 3 is 2.72 bits per heavy atom. The quantitative estimate of drug-likeness (QED) is 0.768. The van der Waals surface area contributed by atoms with Crippen LogP contribution >= 0.6 is 27.5 Å². The summed E-state index contributed by atoms with van der Waals surface area (Å²) in [4.78, 5) is 0. The van der Waals surface area contributed by atoms with Crippen LogP contribution in [0.5, 0.6) is 5.75 Å². The number of alkyl halides is 1. The Morgan fingerprint density at radius 2 is 2.11 bits per heavy atom. The summed E-state index contributed by atoms with van der Waals surface area (Å²) in [6.07, 6.45) is 2.09. The van der Waals surface area contributed by atoms with Gasteiger partial charge in [-0.25, -0.2) is 0 Å². The smallest absolute Gasteiger partial charge is 0.119 e. The molecule has 0 spiro atoms. The summed E-state index contributed by atoms with van der Waals surface area (Å²) < 4.78 is 11.4. The standard InChI is InChI=1S/C14H18BrClO2/c1-11-8-12(2-3-13(11)16)18-10-14(9-15)4-6-17-7-5-14/h2-3,8H,4-7,9-10H2,1H3. The van der Waals surface area contributed by atoms with Crippen LogP contribution in [0.1, 0.15) is 18.4 Å². The van der Waals surface area contributed by atoms with Crippen LogP contribution < -0.4 is 4.74 Å². The van der Waals surface area contributed by atoms with Crippen LogP contribution in [-0.4, -0.2) is 25.2 Å². The van der Waals surface area contributed by atoms with E-state index in [2.05, 4.69) is 15.9 Å². The second-order valence-electron chi connectivity index (χ2n) is 4.95. The highest BCUT2D eigenvalue weighted by atomic mass is 79.9. The maximum Gasteiger partial charge on any atom is 0.119 e. The third-order valence-electron chi connectivity index (χ3n) is 3.51. The Bertz CT molecular complexity index is 403. The lowest BCUT2D eigenvalue weighted by Crippen LogP contribution is -2.36. The van der Waals surface area contributed by atoms with Gasteiger partial charge in [-0.3, -0.25) is 0 Å². The maximum absolute atomic E-state index is 6.00. The van der Waals surface area contributed by atoms with Gasteiger partial charge in [-0.15, -0.1) is 0 Å². The Hall–Kier alpha value is -0.250. The lowest BCUT2D eigenvalue weighted by atomic mass is 9.83. The van der Waals surface area contributed by atoms with Gasteiger partial charge in [0.05, 0.1) is 6.61 Å². The minimum Gasteiger partial charge on any atom is -0.493 e. The van der Waals surface area contributed by atoms with Gasteiger partial charge in [0.15, 0.2) is 0 Å². The van der Waals surface area contributed by atoms with Gasteiger partial charge < -0.3 is 9.47 Å². The van der Waals surface area contributed by atoms with Crippen molar-refractivity contribution in [2.24, 2.45) is 5.41 Å². The van der Waals surface area contributed by atoms with E-state index in [9.17, 15) is 0 Å². The van der Waals surface area contributed by atoms with Crippen LogP contribution in [0.15, 0.2) is 18.2 Å². The minimum atomic E-state index is 0.200. The highest BCUT2D eigenvalue weighted by Crippen LogP contribution is 2.33. The number of aryl methyl sites for hydroxylation is 1.